The summed E-state index contributed by atoms with van der Waals surface area (Å²) in [5, 5.41) is 7.12. The van der Waals surface area contributed by atoms with Crippen molar-refractivity contribution in [3.05, 3.63) is 53.6 Å². The molecule has 0 aliphatic carbocycles. The van der Waals surface area contributed by atoms with Crippen molar-refractivity contribution in [2.24, 2.45) is 11.5 Å². The Kier molecular flexibility index (Phi) is 7.57. The lowest BCUT2D eigenvalue weighted by Crippen LogP contribution is -2.47. The molecule has 2 amide bonds. The number of anilines is 2. The highest BCUT2D eigenvalue weighted by atomic mass is 19.4. The number of carbonyl (C=O) groups is 3. The van der Waals surface area contributed by atoms with Crippen LogP contribution in [0, 0.1) is 5.82 Å². The van der Waals surface area contributed by atoms with E-state index in [0.717, 1.165) is 11.8 Å². The Bertz CT molecular complexity index is 1010. The number of aliphatic carboxylic acids is 1. The number of nitrogens with zero attached hydrogens (tertiary/aromatic N) is 3. The summed E-state index contributed by atoms with van der Waals surface area (Å²) in [6.07, 6.45) is -2.02. The van der Waals surface area contributed by atoms with Crippen LogP contribution in [0.15, 0.2) is 36.7 Å². The molecular weight excluding hydrogens is 438 g/mol. The topological polar surface area (TPSA) is 143 Å². The van der Waals surface area contributed by atoms with Gasteiger partial charge in [0, 0.05) is 44.3 Å². The van der Waals surface area contributed by atoms with Gasteiger partial charge in [-0.15, -0.1) is 0 Å². The quantitative estimate of drug-likeness (QED) is 0.589. The lowest BCUT2D eigenvalue weighted by Gasteiger charge is -2.38. The Morgan fingerprint density at radius 1 is 0.906 bits per heavy atom. The van der Waals surface area contributed by atoms with Gasteiger partial charge in [-0.1, -0.05) is 0 Å². The molecule has 3 rings (SSSR count). The summed E-state index contributed by atoms with van der Waals surface area (Å²) < 4.78 is 45.1. The van der Waals surface area contributed by atoms with E-state index < -0.39 is 29.8 Å². The maximum Gasteiger partial charge on any atom is 0.490 e. The summed E-state index contributed by atoms with van der Waals surface area (Å²) in [5.41, 5.74) is 12.6. The number of alkyl halides is 3. The lowest BCUT2D eigenvalue weighted by molar-refractivity contribution is -0.192. The van der Waals surface area contributed by atoms with Crippen molar-refractivity contribution in [2.45, 2.75) is 6.18 Å². The Morgan fingerprint density at radius 3 is 1.81 bits per heavy atom. The molecule has 1 fully saturated rings. The third-order valence-electron chi connectivity index (χ3n) is 4.49. The van der Waals surface area contributed by atoms with Crippen LogP contribution >= 0.6 is 0 Å². The highest BCUT2D eigenvalue weighted by molar-refractivity contribution is 5.99. The number of hydrogen-bond acceptors (Lipinski definition) is 6. The van der Waals surface area contributed by atoms with Gasteiger partial charge in [-0.25, -0.2) is 9.18 Å². The third-order valence-corrected chi connectivity index (χ3v) is 4.49. The Morgan fingerprint density at radius 2 is 1.38 bits per heavy atom. The maximum atomic E-state index is 13.4. The maximum absolute atomic E-state index is 13.4. The number of rotatable bonds is 4. The summed E-state index contributed by atoms with van der Waals surface area (Å²) in [4.78, 5) is 40.0. The Hall–Kier alpha value is -3.90. The van der Waals surface area contributed by atoms with Gasteiger partial charge < -0.3 is 26.4 Å². The van der Waals surface area contributed by atoms with Crippen molar-refractivity contribution < 1.29 is 37.1 Å². The van der Waals surface area contributed by atoms with E-state index in [4.69, 9.17) is 21.4 Å². The highest BCUT2D eigenvalue weighted by Gasteiger charge is 2.38. The van der Waals surface area contributed by atoms with Crippen LogP contribution in [-0.2, 0) is 4.79 Å². The minimum absolute atomic E-state index is 0.162. The number of nitrogens with two attached hydrogens (primary N) is 2. The summed E-state index contributed by atoms with van der Waals surface area (Å²) in [6, 6.07) is 5.77. The first-order valence-corrected chi connectivity index (χ1v) is 9.05. The van der Waals surface area contributed by atoms with E-state index >= 15 is 0 Å². The zero-order chi connectivity index (χ0) is 24.1. The molecule has 1 aliphatic rings. The molecule has 0 radical (unpaired) electrons. The molecule has 0 spiro atoms. The van der Waals surface area contributed by atoms with Crippen molar-refractivity contribution in [1.82, 2.24) is 4.98 Å². The van der Waals surface area contributed by atoms with E-state index in [1.54, 1.807) is 18.3 Å². The summed E-state index contributed by atoms with van der Waals surface area (Å²) in [6.45, 7) is 2.40. The molecule has 0 saturated carbocycles. The van der Waals surface area contributed by atoms with Gasteiger partial charge in [0.15, 0.2) is 0 Å². The van der Waals surface area contributed by atoms with Crippen LogP contribution in [0.25, 0.3) is 0 Å². The Labute approximate surface area is 179 Å². The minimum Gasteiger partial charge on any atom is -0.475 e. The van der Waals surface area contributed by atoms with Gasteiger partial charge >= 0.3 is 12.1 Å². The largest absolute Gasteiger partial charge is 0.490 e. The molecule has 1 aromatic heterocycles. The average Bonchev–Trinajstić information content (AvgIpc) is 2.73. The van der Waals surface area contributed by atoms with Crippen LogP contribution in [0.5, 0.6) is 0 Å². The second kappa shape index (κ2) is 9.94. The molecule has 0 atom stereocenters. The van der Waals surface area contributed by atoms with E-state index in [9.17, 15) is 27.2 Å². The second-order valence-corrected chi connectivity index (χ2v) is 6.56. The Balaban J connectivity index is 0.000000451. The number of amides is 2. The van der Waals surface area contributed by atoms with Crippen LogP contribution in [-0.4, -0.2) is 60.2 Å². The number of piperazine rings is 1. The summed E-state index contributed by atoms with van der Waals surface area (Å²) in [5.74, 6) is -4.45. The van der Waals surface area contributed by atoms with Crippen molar-refractivity contribution in [1.29, 1.82) is 0 Å². The number of halogens is 4. The zero-order valence-electron chi connectivity index (χ0n) is 16.5. The fourth-order valence-corrected chi connectivity index (χ4v) is 3.02. The highest BCUT2D eigenvalue weighted by Crippen LogP contribution is 2.26. The molecular formula is C19H19F4N5O4. The van der Waals surface area contributed by atoms with E-state index in [1.165, 1.54) is 12.3 Å². The number of primary amides is 2. The molecule has 1 aliphatic heterocycles. The van der Waals surface area contributed by atoms with Crippen LogP contribution < -0.4 is 21.3 Å². The summed E-state index contributed by atoms with van der Waals surface area (Å²) in [7, 11) is 0. The van der Waals surface area contributed by atoms with Crippen LogP contribution in [0.1, 0.15) is 20.7 Å². The number of carbonyl (C=O) groups excluding carboxylic acids is 2. The first kappa shape index (κ1) is 24.4. The lowest BCUT2D eigenvalue weighted by atomic mass is 10.1. The molecule has 5 N–H and O–H groups in total. The SMILES string of the molecule is NC(=O)c1cnccc1N1CCN(c2ccc(F)cc2C(N)=O)CC1.O=C(O)C(F)(F)F. The van der Waals surface area contributed by atoms with Gasteiger partial charge in [0.1, 0.15) is 5.82 Å². The van der Waals surface area contributed by atoms with Gasteiger partial charge in [-0.2, -0.15) is 13.2 Å². The smallest absolute Gasteiger partial charge is 0.475 e. The number of carboxylic acid groups (broad SMARTS) is 1. The first-order valence-electron chi connectivity index (χ1n) is 9.05. The fourth-order valence-electron chi connectivity index (χ4n) is 3.02. The number of hydrogen-bond donors (Lipinski definition) is 3. The molecule has 9 nitrogen and oxygen atoms in total. The predicted octanol–water partition coefficient (Wildman–Crippen LogP) is 1.38. The van der Waals surface area contributed by atoms with Crippen LogP contribution in [0.2, 0.25) is 0 Å². The molecule has 2 heterocycles. The number of benzene rings is 1. The monoisotopic (exact) mass is 457 g/mol. The van der Waals surface area contributed by atoms with E-state index in [0.29, 0.717) is 37.4 Å². The summed E-state index contributed by atoms with van der Waals surface area (Å²) >= 11 is 0. The van der Waals surface area contributed by atoms with Crippen molar-refractivity contribution in [3.63, 3.8) is 0 Å². The van der Waals surface area contributed by atoms with Gasteiger partial charge in [0.05, 0.1) is 16.8 Å². The molecule has 1 aromatic carbocycles. The standard InChI is InChI=1S/C17H18FN5O2.C2HF3O2/c18-11-1-2-14(12(9-11)16(19)24)22-5-7-23(8-6-22)15-3-4-21-10-13(15)17(20)25;3-2(4,5)1(6)7/h1-4,9-10H,5-8H2,(H2,19,24)(H2,20,25);(H,6,7). The first-order chi connectivity index (χ1) is 14.9. The van der Waals surface area contributed by atoms with Crippen molar-refractivity contribution in [3.8, 4) is 0 Å². The number of pyridine rings is 1. The molecule has 32 heavy (non-hydrogen) atoms. The van der Waals surface area contributed by atoms with E-state index in [-0.39, 0.29) is 5.56 Å². The third kappa shape index (κ3) is 6.06. The van der Waals surface area contributed by atoms with Gasteiger partial charge in [-0.05, 0) is 24.3 Å². The molecule has 172 valence electrons. The van der Waals surface area contributed by atoms with Crippen LogP contribution in [0.3, 0.4) is 0 Å². The van der Waals surface area contributed by atoms with Gasteiger partial charge in [0.2, 0.25) is 0 Å². The fraction of sp³-hybridized carbons (Fsp3) is 0.263. The molecule has 2 aromatic rings. The van der Waals surface area contributed by atoms with Crippen molar-refractivity contribution in [2.75, 3.05) is 36.0 Å². The van der Waals surface area contributed by atoms with Crippen molar-refractivity contribution >= 4 is 29.2 Å². The van der Waals surface area contributed by atoms with E-state index in [1.807, 2.05) is 9.80 Å². The normalized spacial score (nSPS) is 13.8. The van der Waals surface area contributed by atoms with Crippen LogP contribution in [0.4, 0.5) is 28.9 Å². The second-order valence-electron chi connectivity index (χ2n) is 6.56. The predicted molar refractivity (Wildman–Crippen MR) is 106 cm³/mol. The molecule has 0 unspecified atom stereocenters. The average molecular weight is 457 g/mol. The minimum atomic E-state index is -5.08. The zero-order valence-corrected chi connectivity index (χ0v) is 16.5. The van der Waals surface area contributed by atoms with E-state index in [2.05, 4.69) is 4.98 Å². The molecule has 13 heteroatoms. The molecule has 1 saturated heterocycles. The molecule has 0 bridgehead atoms. The van der Waals surface area contributed by atoms with Gasteiger partial charge in [0.25, 0.3) is 11.8 Å². The van der Waals surface area contributed by atoms with Gasteiger partial charge in [-0.3, -0.25) is 14.6 Å². The number of carboxylic acids is 1. The number of aromatic nitrogens is 1.